The lowest BCUT2D eigenvalue weighted by atomic mass is 10.1. The second-order valence-corrected chi connectivity index (χ2v) is 9.04. The molecule has 1 amide bonds. The second kappa shape index (κ2) is 8.32. The Hall–Kier alpha value is -2.38. The van der Waals surface area contributed by atoms with Gasteiger partial charge in [-0.25, -0.2) is 8.42 Å². The number of nitrogens with one attached hydrogen (secondary N) is 1. The molecule has 2 aromatic rings. The first-order valence-electron chi connectivity index (χ1n) is 9.41. The highest BCUT2D eigenvalue weighted by Crippen LogP contribution is 2.27. The molecule has 2 aromatic carbocycles. The lowest BCUT2D eigenvalue weighted by molar-refractivity contribution is 0.102. The van der Waals surface area contributed by atoms with E-state index in [4.69, 9.17) is 4.74 Å². The van der Waals surface area contributed by atoms with Crippen molar-refractivity contribution in [3.8, 4) is 5.75 Å². The highest BCUT2D eigenvalue weighted by molar-refractivity contribution is 7.89. The summed E-state index contributed by atoms with van der Waals surface area (Å²) >= 11 is 0. The van der Waals surface area contributed by atoms with Crippen molar-refractivity contribution in [1.29, 1.82) is 0 Å². The summed E-state index contributed by atoms with van der Waals surface area (Å²) in [6, 6.07) is 11.6. The molecule has 0 aliphatic carbocycles. The van der Waals surface area contributed by atoms with Gasteiger partial charge in [-0.1, -0.05) is 18.6 Å². The molecule has 0 aromatic heterocycles. The van der Waals surface area contributed by atoms with Gasteiger partial charge in [-0.2, -0.15) is 4.31 Å². The van der Waals surface area contributed by atoms with Gasteiger partial charge in [0.25, 0.3) is 5.91 Å². The highest BCUT2D eigenvalue weighted by Gasteiger charge is 2.31. The van der Waals surface area contributed by atoms with Crippen LogP contribution in [0.25, 0.3) is 0 Å². The number of hydrogen-bond acceptors (Lipinski definition) is 4. The summed E-state index contributed by atoms with van der Waals surface area (Å²) in [4.78, 5) is 12.9. The highest BCUT2D eigenvalue weighted by atomic mass is 32.2. The summed E-state index contributed by atoms with van der Waals surface area (Å²) in [5.41, 5.74) is 1.81. The van der Waals surface area contributed by atoms with Crippen molar-refractivity contribution < 1.29 is 17.9 Å². The Morgan fingerprint density at radius 3 is 2.68 bits per heavy atom. The molecule has 1 N–H and O–H groups in total. The van der Waals surface area contributed by atoms with Gasteiger partial charge in [0.05, 0.1) is 17.7 Å². The minimum absolute atomic E-state index is 0.0345. The van der Waals surface area contributed by atoms with E-state index in [0.29, 0.717) is 18.0 Å². The molecule has 1 atom stereocenters. The van der Waals surface area contributed by atoms with Crippen molar-refractivity contribution in [2.24, 2.45) is 0 Å². The van der Waals surface area contributed by atoms with Gasteiger partial charge < -0.3 is 10.1 Å². The number of methoxy groups -OCH3 is 1. The maximum Gasteiger partial charge on any atom is 0.255 e. The molecule has 1 saturated heterocycles. The Labute approximate surface area is 166 Å². The summed E-state index contributed by atoms with van der Waals surface area (Å²) in [5, 5.41) is 2.81. The third kappa shape index (κ3) is 4.20. The fourth-order valence-electron chi connectivity index (χ4n) is 3.48. The molecule has 1 aliphatic heterocycles. The van der Waals surface area contributed by atoms with Crippen molar-refractivity contribution >= 4 is 21.6 Å². The Morgan fingerprint density at radius 2 is 1.96 bits per heavy atom. The Morgan fingerprint density at radius 1 is 1.18 bits per heavy atom. The summed E-state index contributed by atoms with van der Waals surface area (Å²) in [7, 11) is -2.10. The minimum atomic E-state index is -3.63. The van der Waals surface area contributed by atoms with Gasteiger partial charge in [0.1, 0.15) is 5.75 Å². The van der Waals surface area contributed by atoms with Crippen LogP contribution in [0.3, 0.4) is 0 Å². The van der Waals surface area contributed by atoms with E-state index in [-0.39, 0.29) is 22.4 Å². The molecule has 0 spiro atoms. The van der Waals surface area contributed by atoms with Crippen LogP contribution in [0.1, 0.15) is 42.1 Å². The molecule has 3 rings (SSSR count). The summed E-state index contributed by atoms with van der Waals surface area (Å²) in [6.07, 6.45) is 2.75. The van der Waals surface area contributed by atoms with Gasteiger partial charge in [0, 0.05) is 18.2 Å². The number of piperidine rings is 1. The number of sulfonamides is 1. The van der Waals surface area contributed by atoms with Crippen LogP contribution in [-0.2, 0) is 10.0 Å². The molecule has 1 fully saturated rings. The van der Waals surface area contributed by atoms with Gasteiger partial charge in [-0.05, 0) is 62.6 Å². The fourth-order valence-corrected chi connectivity index (χ4v) is 5.22. The van der Waals surface area contributed by atoms with Crippen LogP contribution in [0.4, 0.5) is 5.69 Å². The third-order valence-corrected chi connectivity index (χ3v) is 7.06. The number of anilines is 1. The van der Waals surface area contributed by atoms with E-state index in [0.717, 1.165) is 24.8 Å². The van der Waals surface area contributed by atoms with Crippen molar-refractivity contribution in [2.45, 2.75) is 44.0 Å². The molecule has 0 saturated carbocycles. The quantitative estimate of drug-likeness (QED) is 0.825. The largest absolute Gasteiger partial charge is 0.495 e. The van der Waals surface area contributed by atoms with E-state index in [9.17, 15) is 13.2 Å². The zero-order valence-corrected chi connectivity index (χ0v) is 17.3. The number of rotatable bonds is 5. The van der Waals surface area contributed by atoms with Gasteiger partial charge in [0.15, 0.2) is 0 Å². The number of ether oxygens (including phenoxy) is 1. The second-order valence-electron chi connectivity index (χ2n) is 7.15. The predicted molar refractivity (Wildman–Crippen MR) is 109 cm³/mol. The SMILES string of the molecule is COc1ccc(C)cc1NC(=O)c1cccc(S(=O)(=O)N2CCCCC2C)c1. The third-order valence-electron chi connectivity index (χ3n) is 5.05. The van der Waals surface area contributed by atoms with E-state index in [1.54, 1.807) is 24.3 Å². The molecule has 0 radical (unpaired) electrons. The van der Waals surface area contributed by atoms with Crippen molar-refractivity contribution in [2.75, 3.05) is 19.0 Å². The maximum absolute atomic E-state index is 13.1. The Balaban J connectivity index is 1.87. The standard InChI is InChI=1S/C21H26N2O4S/c1-15-10-11-20(27-3)19(13-15)22-21(24)17-8-6-9-18(14-17)28(25,26)23-12-5-4-7-16(23)2/h6,8-11,13-14,16H,4-5,7,12H2,1-3H3,(H,22,24). The first-order valence-corrected chi connectivity index (χ1v) is 10.8. The van der Waals surface area contributed by atoms with E-state index in [2.05, 4.69) is 5.32 Å². The summed E-state index contributed by atoms with van der Waals surface area (Å²) in [6.45, 7) is 4.36. The molecular formula is C21H26N2O4S. The molecule has 1 unspecified atom stereocenters. The van der Waals surface area contributed by atoms with Crippen LogP contribution >= 0.6 is 0 Å². The number of amides is 1. The minimum Gasteiger partial charge on any atom is -0.495 e. The average molecular weight is 403 g/mol. The molecule has 28 heavy (non-hydrogen) atoms. The zero-order chi connectivity index (χ0) is 20.3. The van der Waals surface area contributed by atoms with Crippen LogP contribution in [0.15, 0.2) is 47.4 Å². The van der Waals surface area contributed by atoms with Gasteiger partial charge >= 0.3 is 0 Å². The normalized spacial score (nSPS) is 17.9. The van der Waals surface area contributed by atoms with Gasteiger partial charge in [-0.3, -0.25) is 4.79 Å². The van der Waals surface area contributed by atoms with Crippen LogP contribution in [0.5, 0.6) is 5.75 Å². The predicted octanol–water partition coefficient (Wildman–Crippen LogP) is 3.82. The topological polar surface area (TPSA) is 75.7 Å². The molecular weight excluding hydrogens is 376 g/mol. The monoisotopic (exact) mass is 402 g/mol. The van der Waals surface area contributed by atoms with Crippen LogP contribution in [0.2, 0.25) is 0 Å². The van der Waals surface area contributed by atoms with Gasteiger partial charge in [-0.15, -0.1) is 0 Å². The first-order chi connectivity index (χ1) is 13.3. The molecule has 1 heterocycles. The maximum atomic E-state index is 13.1. The Kier molecular flexibility index (Phi) is 6.05. The Bertz CT molecular complexity index is 972. The summed E-state index contributed by atoms with van der Waals surface area (Å²) in [5.74, 6) is 0.164. The fraction of sp³-hybridized carbons (Fsp3) is 0.381. The smallest absolute Gasteiger partial charge is 0.255 e. The van der Waals surface area contributed by atoms with Crippen LogP contribution in [-0.4, -0.2) is 38.3 Å². The van der Waals surface area contributed by atoms with E-state index in [1.807, 2.05) is 26.0 Å². The van der Waals surface area contributed by atoms with Crippen molar-refractivity contribution in [3.05, 3.63) is 53.6 Å². The average Bonchev–Trinajstić information content (AvgIpc) is 2.68. The number of benzene rings is 2. The number of carbonyl (C=O) groups excluding carboxylic acids is 1. The number of aryl methyl sites for hydroxylation is 1. The van der Waals surface area contributed by atoms with E-state index < -0.39 is 10.0 Å². The van der Waals surface area contributed by atoms with Crippen molar-refractivity contribution in [3.63, 3.8) is 0 Å². The number of carbonyl (C=O) groups is 1. The van der Waals surface area contributed by atoms with Crippen LogP contribution in [0, 0.1) is 6.92 Å². The molecule has 6 nitrogen and oxygen atoms in total. The summed E-state index contributed by atoms with van der Waals surface area (Å²) < 4.78 is 32.9. The number of nitrogens with zero attached hydrogens (tertiary/aromatic N) is 1. The van der Waals surface area contributed by atoms with E-state index >= 15 is 0 Å². The first kappa shape index (κ1) is 20.4. The van der Waals surface area contributed by atoms with E-state index in [1.165, 1.54) is 17.5 Å². The van der Waals surface area contributed by atoms with Gasteiger partial charge in [0.2, 0.25) is 10.0 Å². The molecule has 7 heteroatoms. The molecule has 1 aliphatic rings. The lowest BCUT2D eigenvalue weighted by Crippen LogP contribution is -2.41. The zero-order valence-electron chi connectivity index (χ0n) is 16.4. The van der Waals surface area contributed by atoms with Crippen LogP contribution < -0.4 is 10.1 Å². The molecule has 0 bridgehead atoms. The van der Waals surface area contributed by atoms with Crippen molar-refractivity contribution in [1.82, 2.24) is 4.31 Å². The number of hydrogen-bond donors (Lipinski definition) is 1. The molecule has 150 valence electrons. The lowest BCUT2D eigenvalue weighted by Gasteiger charge is -2.32.